The fraction of sp³-hybridized carbons (Fsp3) is 0.571. The second-order valence-corrected chi connectivity index (χ2v) is 5.32. The van der Waals surface area contributed by atoms with E-state index in [1.54, 1.807) is 12.1 Å². The van der Waals surface area contributed by atoms with Gasteiger partial charge in [0.2, 0.25) is 0 Å². The standard InChI is InChI=1S/C14H19ClFNO/c1-10(4-5-15)8-17-9-13-7-11-6-12(16)2-3-14(11)18-13/h2-3,6,10,13,17H,4-5,7-9H2,1H3. The Labute approximate surface area is 112 Å². The van der Waals surface area contributed by atoms with Gasteiger partial charge in [0.1, 0.15) is 17.7 Å². The molecule has 0 aliphatic carbocycles. The average molecular weight is 272 g/mol. The fourth-order valence-corrected chi connectivity index (χ4v) is 2.55. The molecule has 2 nitrogen and oxygen atoms in total. The van der Waals surface area contributed by atoms with Crippen molar-refractivity contribution in [2.45, 2.75) is 25.9 Å². The molecule has 1 heterocycles. The van der Waals surface area contributed by atoms with Crippen LogP contribution in [0.3, 0.4) is 0 Å². The minimum Gasteiger partial charge on any atom is -0.488 e. The molecule has 0 bridgehead atoms. The zero-order valence-electron chi connectivity index (χ0n) is 10.6. The summed E-state index contributed by atoms with van der Waals surface area (Å²) in [5, 5.41) is 3.38. The Morgan fingerprint density at radius 3 is 3.17 bits per heavy atom. The van der Waals surface area contributed by atoms with Crippen molar-refractivity contribution in [2.75, 3.05) is 19.0 Å². The van der Waals surface area contributed by atoms with E-state index < -0.39 is 0 Å². The van der Waals surface area contributed by atoms with E-state index in [1.807, 2.05) is 0 Å². The van der Waals surface area contributed by atoms with Crippen LogP contribution in [-0.4, -0.2) is 25.1 Å². The van der Waals surface area contributed by atoms with E-state index in [9.17, 15) is 4.39 Å². The first-order valence-electron chi connectivity index (χ1n) is 6.41. The predicted octanol–water partition coefficient (Wildman–Crippen LogP) is 2.98. The van der Waals surface area contributed by atoms with E-state index in [0.29, 0.717) is 11.8 Å². The molecule has 0 saturated heterocycles. The van der Waals surface area contributed by atoms with Crippen molar-refractivity contribution in [1.82, 2.24) is 5.32 Å². The maximum atomic E-state index is 13.0. The maximum Gasteiger partial charge on any atom is 0.123 e. The third-order valence-corrected chi connectivity index (χ3v) is 3.45. The van der Waals surface area contributed by atoms with Gasteiger partial charge in [-0.3, -0.25) is 0 Å². The van der Waals surface area contributed by atoms with Crippen molar-refractivity contribution in [3.63, 3.8) is 0 Å². The molecule has 0 amide bonds. The molecule has 100 valence electrons. The molecule has 1 N–H and O–H groups in total. The lowest BCUT2D eigenvalue weighted by Gasteiger charge is -2.14. The number of benzene rings is 1. The van der Waals surface area contributed by atoms with Gasteiger partial charge >= 0.3 is 0 Å². The van der Waals surface area contributed by atoms with Gasteiger partial charge in [-0.15, -0.1) is 11.6 Å². The number of hydrogen-bond acceptors (Lipinski definition) is 2. The molecule has 0 saturated carbocycles. The summed E-state index contributed by atoms with van der Waals surface area (Å²) in [5.41, 5.74) is 0.968. The highest BCUT2D eigenvalue weighted by Crippen LogP contribution is 2.28. The summed E-state index contributed by atoms with van der Waals surface area (Å²) < 4.78 is 18.8. The van der Waals surface area contributed by atoms with Crippen LogP contribution in [0.5, 0.6) is 5.75 Å². The molecule has 4 heteroatoms. The minimum atomic E-state index is -0.193. The number of ether oxygens (including phenoxy) is 1. The molecule has 0 fully saturated rings. The monoisotopic (exact) mass is 271 g/mol. The lowest BCUT2D eigenvalue weighted by atomic mass is 10.1. The summed E-state index contributed by atoms with van der Waals surface area (Å²) in [6, 6.07) is 4.71. The highest BCUT2D eigenvalue weighted by Gasteiger charge is 2.22. The molecular weight excluding hydrogens is 253 g/mol. The van der Waals surface area contributed by atoms with Crippen molar-refractivity contribution in [3.05, 3.63) is 29.6 Å². The van der Waals surface area contributed by atoms with Gasteiger partial charge in [0.15, 0.2) is 0 Å². The predicted molar refractivity (Wildman–Crippen MR) is 71.9 cm³/mol. The quantitative estimate of drug-likeness (QED) is 0.803. The van der Waals surface area contributed by atoms with Crippen LogP contribution in [0, 0.1) is 11.7 Å². The molecular formula is C14H19ClFNO. The highest BCUT2D eigenvalue weighted by atomic mass is 35.5. The van der Waals surface area contributed by atoms with E-state index in [0.717, 1.165) is 37.2 Å². The van der Waals surface area contributed by atoms with Gasteiger partial charge in [-0.25, -0.2) is 4.39 Å². The van der Waals surface area contributed by atoms with Crippen molar-refractivity contribution < 1.29 is 9.13 Å². The van der Waals surface area contributed by atoms with E-state index in [-0.39, 0.29) is 11.9 Å². The van der Waals surface area contributed by atoms with Crippen molar-refractivity contribution >= 4 is 11.6 Å². The summed E-state index contributed by atoms with van der Waals surface area (Å²) in [4.78, 5) is 0. The molecule has 1 aliphatic heterocycles. The number of hydrogen-bond donors (Lipinski definition) is 1. The van der Waals surface area contributed by atoms with Gasteiger partial charge in [0.05, 0.1) is 0 Å². The van der Waals surface area contributed by atoms with E-state index >= 15 is 0 Å². The van der Waals surface area contributed by atoms with Gasteiger partial charge in [0, 0.05) is 24.4 Å². The van der Waals surface area contributed by atoms with E-state index in [2.05, 4.69) is 12.2 Å². The SMILES string of the molecule is CC(CCCl)CNCC1Cc2cc(F)ccc2O1. The largest absolute Gasteiger partial charge is 0.488 e. The highest BCUT2D eigenvalue weighted by molar-refractivity contribution is 6.17. The second kappa shape index (κ2) is 6.39. The van der Waals surface area contributed by atoms with Crippen LogP contribution >= 0.6 is 11.6 Å². The van der Waals surface area contributed by atoms with Crippen LogP contribution in [0.25, 0.3) is 0 Å². The molecule has 1 aliphatic rings. The number of alkyl halides is 1. The Hall–Kier alpha value is -0.800. The third kappa shape index (κ3) is 3.59. The fourth-order valence-electron chi connectivity index (χ4n) is 2.18. The molecule has 0 radical (unpaired) electrons. The van der Waals surface area contributed by atoms with Crippen LogP contribution in [0.4, 0.5) is 4.39 Å². The Balaban J connectivity index is 1.74. The van der Waals surface area contributed by atoms with Gasteiger partial charge < -0.3 is 10.1 Å². The third-order valence-electron chi connectivity index (χ3n) is 3.23. The van der Waals surface area contributed by atoms with Crippen LogP contribution in [0.15, 0.2) is 18.2 Å². The smallest absolute Gasteiger partial charge is 0.123 e. The molecule has 18 heavy (non-hydrogen) atoms. The molecule has 2 unspecified atom stereocenters. The van der Waals surface area contributed by atoms with Gasteiger partial charge in [-0.2, -0.15) is 0 Å². The molecule has 1 aromatic rings. The second-order valence-electron chi connectivity index (χ2n) is 4.94. The lowest BCUT2D eigenvalue weighted by Crippen LogP contribution is -2.32. The number of fused-ring (bicyclic) bond motifs is 1. The van der Waals surface area contributed by atoms with Crippen molar-refractivity contribution in [3.8, 4) is 5.75 Å². The molecule has 2 rings (SSSR count). The molecule has 0 aromatic heterocycles. The lowest BCUT2D eigenvalue weighted by molar-refractivity contribution is 0.225. The zero-order chi connectivity index (χ0) is 13.0. The first-order chi connectivity index (χ1) is 8.69. The summed E-state index contributed by atoms with van der Waals surface area (Å²) in [7, 11) is 0. The topological polar surface area (TPSA) is 21.3 Å². The average Bonchev–Trinajstić information content (AvgIpc) is 2.71. The summed E-state index contributed by atoms with van der Waals surface area (Å²) >= 11 is 5.69. The van der Waals surface area contributed by atoms with Crippen LogP contribution < -0.4 is 10.1 Å². The number of halogens is 2. The summed E-state index contributed by atoms with van der Waals surface area (Å²) in [6.07, 6.45) is 1.92. The Morgan fingerprint density at radius 2 is 2.39 bits per heavy atom. The van der Waals surface area contributed by atoms with Crippen LogP contribution in [0.1, 0.15) is 18.9 Å². The Kier molecular flexibility index (Phi) is 4.84. The summed E-state index contributed by atoms with van der Waals surface area (Å²) in [6.45, 7) is 3.91. The summed E-state index contributed by atoms with van der Waals surface area (Å²) in [5.74, 6) is 1.90. The first-order valence-corrected chi connectivity index (χ1v) is 6.94. The zero-order valence-corrected chi connectivity index (χ0v) is 11.3. The van der Waals surface area contributed by atoms with Crippen molar-refractivity contribution in [1.29, 1.82) is 0 Å². The molecule has 2 atom stereocenters. The van der Waals surface area contributed by atoms with Gasteiger partial charge in [-0.05, 0) is 37.1 Å². The van der Waals surface area contributed by atoms with Crippen LogP contribution in [0.2, 0.25) is 0 Å². The number of nitrogens with one attached hydrogen (secondary N) is 1. The molecule has 0 spiro atoms. The van der Waals surface area contributed by atoms with E-state index in [4.69, 9.17) is 16.3 Å². The van der Waals surface area contributed by atoms with Gasteiger partial charge in [0.25, 0.3) is 0 Å². The maximum absolute atomic E-state index is 13.0. The normalized spacial score (nSPS) is 19.4. The van der Waals surface area contributed by atoms with Crippen LogP contribution in [-0.2, 0) is 6.42 Å². The van der Waals surface area contributed by atoms with Gasteiger partial charge in [-0.1, -0.05) is 6.92 Å². The number of rotatable bonds is 6. The van der Waals surface area contributed by atoms with Crippen molar-refractivity contribution in [2.24, 2.45) is 5.92 Å². The minimum absolute atomic E-state index is 0.116. The molecule has 1 aromatic carbocycles. The Morgan fingerprint density at radius 1 is 1.56 bits per heavy atom. The Bertz CT molecular complexity index is 399. The first kappa shape index (κ1) is 13.6. The van der Waals surface area contributed by atoms with E-state index in [1.165, 1.54) is 6.07 Å².